The molecule has 60 valence electrons. The van der Waals surface area contributed by atoms with E-state index >= 15 is 0 Å². The molecule has 1 aromatic rings. The average molecular weight is 186 g/mol. The Labute approximate surface area is 76.6 Å². The predicted octanol–water partition coefficient (Wildman–Crippen LogP) is 2.67. The van der Waals surface area contributed by atoms with E-state index in [2.05, 4.69) is 12.6 Å². The van der Waals surface area contributed by atoms with Crippen molar-refractivity contribution in [2.45, 2.75) is 4.90 Å². The number of rotatable bonds is 3. The summed E-state index contributed by atoms with van der Waals surface area (Å²) in [5.74, 6) is 0.897. The highest BCUT2D eigenvalue weighted by Gasteiger charge is 1.91. The lowest BCUT2D eigenvalue weighted by molar-refractivity contribution is 0.414. The standard InChI is InChI=1S/C8H10OS2/c1-9-7-2-4-8(5-3-7)11-6-10/h2-5,10H,6H2,1H3. The van der Waals surface area contributed by atoms with Crippen LogP contribution in [-0.4, -0.2) is 12.2 Å². The molecule has 0 aliphatic carbocycles. The Kier molecular flexibility index (Phi) is 3.66. The van der Waals surface area contributed by atoms with Gasteiger partial charge in [0.2, 0.25) is 0 Å². The predicted molar refractivity (Wildman–Crippen MR) is 52.7 cm³/mol. The number of thiol groups is 1. The first-order valence-electron chi connectivity index (χ1n) is 3.24. The quantitative estimate of drug-likeness (QED) is 0.441. The lowest BCUT2D eigenvalue weighted by atomic mass is 10.3. The monoisotopic (exact) mass is 186 g/mol. The molecule has 0 heterocycles. The molecule has 11 heavy (non-hydrogen) atoms. The second-order valence-electron chi connectivity index (χ2n) is 1.95. The highest BCUT2D eigenvalue weighted by atomic mass is 32.2. The van der Waals surface area contributed by atoms with Crippen LogP contribution in [0.25, 0.3) is 0 Å². The van der Waals surface area contributed by atoms with E-state index in [9.17, 15) is 0 Å². The van der Waals surface area contributed by atoms with Crippen molar-refractivity contribution in [1.82, 2.24) is 0 Å². The van der Waals surface area contributed by atoms with Crippen LogP contribution in [0.4, 0.5) is 0 Å². The molecule has 1 nitrogen and oxygen atoms in total. The molecule has 0 bridgehead atoms. The maximum atomic E-state index is 5.02. The molecule has 0 spiro atoms. The third kappa shape index (κ3) is 2.67. The smallest absolute Gasteiger partial charge is 0.118 e. The molecule has 0 aliphatic heterocycles. The number of methoxy groups -OCH3 is 1. The number of thioether (sulfide) groups is 1. The largest absolute Gasteiger partial charge is 0.497 e. The molecule has 0 aliphatic rings. The molecule has 1 rings (SSSR count). The van der Waals surface area contributed by atoms with Crippen LogP contribution in [0.5, 0.6) is 5.75 Å². The topological polar surface area (TPSA) is 9.23 Å². The molecule has 1 aromatic carbocycles. The van der Waals surface area contributed by atoms with Gasteiger partial charge >= 0.3 is 0 Å². The number of benzene rings is 1. The zero-order valence-corrected chi connectivity index (χ0v) is 7.99. The van der Waals surface area contributed by atoms with Crippen LogP contribution in [0.2, 0.25) is 0 Å². The van der Waals surface area contributed by atoms with Gasteiger partial charge in [0.1, 0.15) is 5.75 Å². The molecule has 0 saturated heterocycles. The molecule has 0 unspecified atom stereocenters. The van der Waals surface area contributed by atoms with Crippen LogP contribution in [-0.2, 0) is 0 Å². The lowest BCUT2D eigenvalue weighted by Crippen LogP contribution is -1.80. The number of ether oxygens (including phenoxy) is 1. The highest BCUT2D eigenvalue weighted by molar-refractivity contribution is 8.09. The fraction of sp³-hybridized carbons (Fsp3) is 0.250. The Morgan fingerprint density at radius 1 is 1.36 bits per heavy atom. The molecule has 0 aromatic heterocycles. The Morgan fingerprint density at radius 3 is 2.45 bits per heavy atom. The van der Waals surface area contributed by atoms with E-state index in [1.807, 2.05) is 24.3 Å². The molecule has 0 fully saturated rings. The van der Waals surface area contributed by atoms with Gasteiger partial charge in [-0.1, -0.05) is 0 Å². The number of hydrogen-bond acceptors (Lipinski definition) is 3. The van der Waals surface area contributed by atoms with Gasteiger partial charge in [-0.05, 0) is 24.3 Å². The van der Waals surface area contributed by atoms with Gasteiger partial charge in [0.25, 0.3) is 0 Å². The maximum Gasteiger partial charge on any atom is 0.118 e. The summed E-state index contributed by atoms with van der Waals surface area (Å²) in [5, 5.41) is 0.812. The molecule has 0 saturated carbocycles. The van der Waals surface area contributed by atoms with Crippen molar-refractivity contribution in [3.63, 3.8) is 0 Å². The zero-order chi connectivity index (χ0) is 8.10. The minimum Gasteiger partial charge on any atom is -0.497 e. The van der Waals surface area contributed by atoms with E-state index in [-0.39, 0.29) is 0 Å². The molecule has 0 atom stereocenters. The van der Waals surface area contributed by atoms with Crippen LogP contribution < -0.4 is 4.74 Å². The van der Waals surface area contributed by atoms with Gasteiger partial charge in [-0.2, -0.15) is 12.6 Å². The maximum absolute atomic E-state index is 5.02. The van der Waals surface area contributed by atoms with E-state index in [1.165, 1.54) is 4.90 Å². The molecular formula is C8H10OS2. The Balaban J connectivity index is 2.66. The van der Waals surface area contributed by atoms with Crippen LogP contribution in [0.3, 0.4) is 0 Å². The molecule has 3 heteroatoms. The van der Waals surface area contributed by atoms with Crippen molar-refractivity contribution in [3.05, 3.63) is 24.3 Å². The minimum atomic E-state index is 0.812. The first-order chi connectivity index (χ1) is 5.36. The third-order valence-electron chi connectivity index (χ3n) is 1.29. The average Bonchev–Trinajstić information content (AvgIpc) is 2.07. The minimum absolute atomic E-state index is 0.812. The van der Waals surface area contributed by atoms with Gasteiger partial charge in [-0.25, -0.2) is 0 Å². The molecule has 0 N–H and O–H groups in total. The second kappa shape index (κ2) is 4.57. The highest BCUT2D eigenvalue weighted by Crippen LogP contribution is 2.21. The van der Waals surface area contributed by atoms with Crippen molar-refractivity contribution in [1.29, 1.82) is 0 Å². The summed E-state index contributed by atoms with van der Waals surface area (Å²) in [6, 6.07) is 7.96. The van der Waals surface area contributed by atoms with E-state index < -0.39 is 0 Å². The molecular weight excluding hydrogens is 176 g/mol. The summed E-state index contributed by atoms with van der Waals surface area (Å²) in [7, 11) is 1.67. The van der Waals surface area contributed by atoms with Gasteiger partial charge in [-0.15, -0.1) is 11.8 Å². The van der Waals surface area contributed by atoms with Gasteiger partial charge in [-0.3, -0.25) is 0 Å². The van der Waals surface area contributed by atoms with E-state index in [0.29, 0.717) is 0 Å². The summed E-state index contributed by atoms with van der Waals surface area (Å²) in [6.45, 7) is 0. The Morgan fingerprint density at radius 2 is 2.00 bits per heavy atom. The van der Waals surface area contributed by atoms with Crippen LogP contribution in [0.1, 0.15) is 0 Å². The van der Waals surface area contributed by atoms with Crippen molar-refractivity contribution in [3.8, 4) is 5.75 Å². The van der Waals surface area contributed by atoms with Gasteiger partial charge < -0.3 is 4.74 Å². The van der Waals surface area contributed by atoms with Crippen LogP contribution in [0, 0.1) is 0 Å². The Hall–Kier alpha value is -0.280. The lowest BCUT2D eigenvalue weighted by Gasteiger charge is -2.00. The SMILES string of the molecule is COc1ccc(SCS)cc1. The van der Waals surface area contributed by atoms with E-state index in [1.54, 1.807) is 18.9 Å². The van der Waals surface area contributed by atoms with Crippen LogP contribution in [0.15, 0.2) is 29.2 Å². The summed E-state index contributed by atoms with van der Waals surface area (Å²) in [5.41, 5.74) is 0. The molecule has 0 amide bonds. The van der Waals surface area contributed by atoms with Crippen molar-refractivity contribution in [2.75, 3.05) is 12.2 Å². The summed E-state index contributed by atoms with van der Waals surface area (Å²) < 4.78 is 5.02. The van der Waals surface area contributed by atoms with E-state index in [0.717, 1.165) is 10.8 Å². The van der Waals surface area contributed by atoms with Crippen molar-refractivity contribution >= 4 is 24.4 Å². The zero-order valence-electron chi connectivity index (χ0n) is 6.28. The first-order valence-corrected chi connectivity index (χ1v) is 4.86. The van der Waals surface area contributed by atoms with Gasteiger partial charge in [0.15, 0.2) is 0 Å². The van der Waals surface area contributed by atoms with Gasteiger partial charge in [0.05, 0.1) is 7.11 Å². The Bertz CT molecular complexity index is 208. The van der Waals surface area contributed by atoms with Gasteiger partial charge in [0, 0.05) is 9.98 Å². The van der Waals surface area contributed by atoms with Crippen molar-refractivity contribution in [2.24, 2.45) is 0 Å². The second-order valence-corrected chi connectivity index (χ2v) is 3.74. The van der Waals surface area contributed by atoms with E-state index in [4.69, 9.17) is 4.74 Å². The summed E-state index contributed by atoms with van der Waals surface area (Å²) >= 11 is 5.82. The third-order valence-corrected chi connectivity index (χ3v) is 2.41. The first kappa shape index (κ1) is 8.81. The van der Waals surface area contributed by atoms with Crippen LogP contribution >= 0.6 is 24.4 Å². The number of hydrogen-bond donors (Lipinski definition) is 1. The summed E-state index contributed by atoms with van der Waals surface area (Å²) in [6.07, 6.45) is 0. The fourth-order valence-electron chi connectivity index (χ4n) is 0.746. The normalized spacial score (nSPS) is 9.64. The molecule has 0 radical (unpaired) electrons. The summed E-state index contributed by atoms with van der Waals surface area (Å²) in [4.78, 5) is 1.22. The van der Waals surface area contributed by atoms with Crippen molar-refractivity contribution < 1.29 is 4.74 Å². The fourth-order valence-corrected chi connectivity index (χ4v) is 1.67.